The number of hydrogen-bond acceptors (Lipinski definition) is 1. The number of aryl methyl sites for hydroxylation is 2. The highest BCUT2D eigenvalue weighted by Crippen LogP contribution is 2.55. The largest absolute Gasteiger partial charge is 0.310 e. The van der Waals surface area contributed by atoms with Crippen LogP contribution in [0.15, 0.2) is 158 Å². The highest BCUT2D eigenvalue weighted by molar-refractivity contribution is 6.10. The maximum Gasteiger partial charge on any atom is 0.0543 e. The van der Waals surface area contributed by atoms with Gasteiger partial charge in [-0.1, -0.05) is 174 Å². The van der Waals surface area contributed by atoms with Crippen molar-refractivity contribution in [2.45, 2.75) is 97.8 Å². The zero-order chi connectivity index (χ0) is 42.9. The lowest BCUT2D eigenvalue weighted by molar-refractivity contribution is 0.657. The molecule has 0 saturated carbocycles. The second-order valence-electron chi connectivity index (χ2n) is 19.1. The fourth-order valence-electron chi connectivity index (χ4n) is 10.9. The molecule has 0 spiro atoms. The first-order valence-electron chi connectivity index (χ1n) is 23.0. The topological polar surface area (TPSA) is 3.24 Å². The number of anilines is 3. The Hall–Kier alpha value is -6.18. The van der Waals surface area contributed by atoms with E-state index in [9.17, 15) is 0 Å². The summed E-state index contributed by atoms with van der Waals surface area (Å²) in [6, 6.07) is 60.4. The Labute approximate surface area is 370 Å². The Morgan fingerprint density at radius 2 is 1.27 bits per heavy atom. The summed E-state index contributed by atoms with van der Waals surface area (Å²) in [5.41, 5.74) is 24.2. The van der Waals surface area contributed by atoms with Crippen molar-refractivity contribution < 1.29 is 0 Å². The van der Waals surface area contributed by atoms with Gasteiger partial charge >= 0.3 is 0 Å². The van der Waals surface area contributed by atoms with Gasteiger partial charge in [-0.2, -0.15) is 0 Å². The Bertz CT molecular complexity index is 3000. The highest BCUT2D eigenvalue weighted by Gasteiger charge is 2.38. The number of hydrogen-bond donors (Lipinski definition) is 0. The summed E-state index contributed by atoms with van der Waals surface area (Å²) in [5.74, 6) is 1.42. The van der Waals surface area contributed by atoms with Gasteiger partial charge in [0.05, 0.1) is 5.69 Å². The molecule has 10 rings (SSSR count). The third-order valence-electron chi connectivity index (χ3n) is 14.7. The lowest BCUT2D eigenvalue weighted by atomic mass is 9.77. The van der Waals surface area contributed by atoms with Gasteiger partial charge in [0.15, 0.2) is 0 Å². The van der Waals surface area contributed by atoms with Crippen LogP contribution in [0.25, 0.3) is 44.2 Å². The summed E-state index contributed by atoms with van der Waals surface area (Å²) in [6.45, 7) is 18.8. The molecule has 0 aliphatic heterocycles. The van der Waals surface area contributed by atoms with Crippen LogP contribution in [0.4, 0.5) is 17.1 Å². The molecule has 8 aromatic carbocycles. The smallest absolute Gasteiger partial charge is 0.0543 e. The van der Waals surface area contributed by atoms with E-state index in [1.54, 1.807) is 0 Å². The van der Waals surface area contributed by atoms with E-state index in [2.05, 4.69) is 218 Å². The van der Waals surface area contributed by atoms with Crippen LogP contribution in [0.2, 0.25) is 0 Å². The lowest BCUT2D eigenvalue weighted by Crippen LogP contribution is -2.17. The normalized spacial score (nSPS) is 15.6. The van der Waals surface area contributed by atoms with Crippen LogP contribution in [0.1, 0.15) is 116 Å². The molecule has 0 bridgehead atoms. The predicted molar refractivity (Wildman–Crippen MR) is 266 cm³/mol. The number of nitrogens with zero attached hydrogens (tertiary/aromatic N) is 1. The van der Waals surface area contributed by atoms with Crippen molar-refractivity contribution in [3.05, 3.63) is 208 Å². The average molecular weight is 806 g/mol. The molecular formula is C61H59N. The molecule has 0 N–H and O–H groups in total. The van der Waals surface area contributed by atoms with Gasteiger partial charge in [-0.15, -0.1) is 0 Å². The molecule has 62 heavy (non-hydrogen) atoms. The van der Waals surface area contributed by atoms with Crippen molar-refractivity contribution in [2.75, 3.05) is 4.90 Å². The maximum absolute atomic E-state index is 2.54. The molecule has 2 aliphatic rings. The molecule has 0 heterocycles. The van der Waals surface area contributed by atoms with Crippen LogP contribution in [0, 0.1) is 13.8 Å². The summed E-state index contributed by atoms with van der Waals surface area (Å²) >= 11 is 0. The van der Waals surface area contributed by atoms with Crippen molar-refractivity contribution in [1.82, 2.24) is 0 Å². The van der Waals surface area contributed by atoms with E-state index in [1.165, 1.54) is 111 Å². The van der Waals surface area contributed by atoms with E-state index < -0.39 is 0 Å². The number of fused-ring (bicyclic) bond motifs is 8. The molecule has 0 fully saturated rings. The quantitative estimate of drug-likeness (QED) is 0.140. The van der Waals surface area contributed by atoms with Crippen molar-refractivity contribution >= 4 is 27.8 Å². The minimum Gasteiger partial charge on any atom is -0.310 e. The minimum absolute atomic E-state index is 0.185. The van der Waals surface area contributed by atoms with E-state index in [0.717, 1.165) is 19.3 Å². The Balaban J connectivity index is 1.04. The molecule has 2 aliphatic carbocycles. The third kappa shape index (κ3) is 6.69. The Kier molecular flexibility index (Phi) is 10.1. The molecule has 0 amide bonds. The molecule has 0 aromatic heterocycles. The van der Waals surface area contributed by atoms with Gasteiger partial charge in [0.2, 0.25) is 0 Å². The molecule has 3 unspecified atom stereocenters. The van der Waals surface area contributed by atoms with Crippen LogP contribution < -0.4 is 4.90 Å². The van der Waals surface area contributed by atoms with Gasteiger partial charge in [0, 0.05) is 22.2 Å². The van der Waals surface area contributed by atoms with Gasteiger partial charge in [0.25, 0.3) is 0 Å². The van der Waals surface area contributed by atoms with Crippen molar-refractivity contribution in [3.8, 4) is 33.4 Å². The van der Waals surface area contributed by atoms with E-state index in [-0.39, 0.29) is 5.41 Å². The summed E-state index contributed by atoms with van der Waals surface area (Å²) in [6.07, 6.45) is 3.24. The van der Waals surface area contributed by atoms with Crippen LogP contribution in [-0.2, 0) is 18.3 Å². The van der Waals surface area contributed by atoms with Crippen molar-refractivity contribution in [3.63, 3.8) is 0 Å². The first kappa shape index (κ1) is 39.9. The van der Waals surface area contributed by atoms with Gasteiger partial charge in [0.1, 0.15) is 0 Å². The van der Waals surface area contributed by atoms with Crippen LogP contribution in [0.5, 0.6) is 0 Å². The first-order valence-corrected chi connectivity index (χ1v) is 23.0. The zero-order valence-corrected chi connectivity index (χ0v) is 37.8. The number of rotatable bonds is 9. The van der Waals surface area contributed by atoms with Gasteiger partial charge in [-0.3, -0.25) is 0 Å². The van der Waals surface area contributed by atoms with E-state index in [0.29, 0.717) is 17.8 Å². The summed E-state index contributed by atoms with van der Waals surface area (Å²) < 4.78 is 0. The molecule has 8 aromatic rings. The van der Waals surface area contributed by atoms with E-state index in [4.69, 9.17) is 0 Å². The standard InChI is InChI=1S/C61H59N/c1-9-39(3)48-17-12-13-19-51(48)49-31-28-47(34-42(49)6)62(46-26-22-38(2)23-27-46)59-37-58-60(54-21-15-14-20-53(54)59)55-29-24-43(35-57(55)61(58,7)8)32-40(4)44-25-30-52-50-18-11-10-16-45(50)33-41(5)56(52)36-44/h10-31,34-37,39-41H,9,32-33H2,1-8H3. The second kappa shape index (κ2) is 15.6. The lowest BCUT2D eigenvalue weighted by Gasteiger charge is -2.30. The molecule has 1 nitrogen and oxygen atoms in total. The highest BCUT2D eigenvalue weighted by atomic mass is 15.1. The molecule has 0 saturated heterocycles. The first-order chi connectivity index (χ1) is 30.0. The fourth-order valence-corrected chi connectivity index (χ4v) is 10.9. The van der Waals surface area contributed by atoms with Crippen LogP contribution in [0.3, 0.4) is 0 Å². The van der Waals surface area contributed by atoms with Crippen molar-refractivity contribution in [1.29, 1.82) is 0 Å². The summed E-state index contributed by atoms with van der Waals surface area (Å²) in [4.78, 5) is 2.50. The Morgan fingerprint density at radius 1 is 0.597 bits per heavy atom. The summed E-state index contributed by atoms with van der Waals surface area (Å²) in [7, 11) is 0. The van der Waals surface area contributed by atoms with E-state index >= 15 is 0 Å². The van der Waals surface area contributed by atoms with Gasteiger partial charge in [-0.25, -0.2) is 0 Å². The number of benzene rings is 8. The monoisotopic (exact) mass is 805 g/mol. The average Bonchev–Trinajstić information content (AvgIpc) is 3.51. The molecule has 1 heteroatoms. The maximum atomic E-state index is 2.54. The molecule has 3 atom stereocenters. The second-order valence-corrected chi connectivity index (χ2v) is 19.1. The third-order valence-corrected chi connectivity index (χ3v) is 14.7. The van der Waals surface area contributed by atoms with Crippen LogP contribution >= 0.6 is 0 Å². The van der Waals surface area contributed by atoms with E-state index in [1.807, 2.05) is 0 Å². The summed E-state index contributed by atoms with van der Waals surface area (Å²) in [5, 5.41) is 2.58. The molecule has 0 radical (unpaired) electrons. The van der Waals surface area contributed by atoms with Crippen LogP contribution in [-0.4, -0.2) is 0 Å². The zero-order valence-electron chi connectivity index (χ0n) is 37.8. The minimum atomic E-state index is -0.185. The predicted octanol–water partition coefficient (Wildman–Crippen LogP) is 17.1. The fraction of sp³-hybridized carbons (Fsp3) is 0.246. The molecule has 308 valence electrons. The molecular weight excluding hydrogens is 747 g/mol. The van der Waals surface area contributed by atoms with Crippen molar-refractivity contribution in [2.24, 2.45) is 0 Å². The Morgan fingerprint density at radius 3 is 2.05 bits per heavy atom. The SMILES string of the molecule is CCC(C)c1ccccc1-c1ccc(N(c2ccc(C)cc2)c2cc3c(c4ccccc24)-c2ccc(CC(C)c4ccc5c(c4)C(C)Cc4ccccc4-5)cc2C3(C)C)cc1C. The van der Waals surface area contributed by atoms with Gasteiger partial charge in [-0.05, 0) is 164 Å². The van der Waals surface area contributed by atoms with Gasteiger partial charge < -0.3 is 4.90 Å².